The second-order valence-electron chi connectivity index (χ2n) is 9.57. The maximum atomic E-state index is 13.3. The smallest absolute Gasteiger partial charge is 0.321 e. The molecule has 1 heterocycles. The Morgan fingerprint density at radius 3 is 2.38 bits per heavy atom. The average molecular weight is 532 g/mol. The number of amides is 4. The van der Waals surface area contributed by atoms with Gasteiger partial charge in [-0.15, -0.1) is 0 Å². The quantitative estimate of drug-likeness (QED) is 0.393. The van der Waals surface area contributed by atoms with Gasteiger partial charge in [-0.3, -0.25) is 9.59 Å². The second-order valence-corrected chi connectivity index (χ2v) is 9.57. The Labute approximate surface area is 228 Å². The molecule has 1 saturated heterocycles. The Balaban J connectivity index is 1.49. The van der Waals surface area contributed by atoms with Crippen molar-refractivity contribution in [1.29, 1.82) is 0 Å². The Morgan fingerprint density at radius 2 is 1.64 bits per heavy atom. The normalized spacial score (nSPS) is 13.4. The number of hydrogen-bond acceptors (Lipinski definition) is 4. The number of halogens is 1. The molecule has 0 atom stereocenters. The lowest BCUT2D eigenvalue weighted by Crippen LogP contribution is -2.38. The zero-order valence-corrected chi connectivity index (χ0v) is 22.3. The van der Waals surface area contributed by atoms with E-state index in [9.17, 15) is 18.8 Å². The molecule has 0 spiro atoms. The van der Waals surface area contributed by atoms with Crippen molar-refractivity contribution in [3.8, 4) is 0 Å². The third-order valence-electron chi connectivity index (χ3n) is 6.61. The molecule has 9 heteroatoms. The average Bonchev–Trinajstić information content (AvgIpc) is 3.19. The van der Waals surface area contributed by atoms with Crippen LogP contribution in [0.2, 0.25) is 0 Å². The lowest BCUT2D eigenvalue weighted by atomic mass is 10.1. The first-order chi connectivity index (χ1) is 18.8. The third kappa shape index (κ3) is 7.56. The lowest BCUT2D eigenvalue weighted by Gasteiger charge is -2.26. The van der Waals surface area contributed by atoms with E-state index >= 15 is 0 Å². The van der Waals surface area contributed by atoms with Crippen LogP contribution in [0.5, 0.6) is 0 Å². The summed E-state index contributed by atoms with van der Waals surface area (Å²) >= 11 is 0. The maximum Gasteiger partial charge on any atom is 0.321 e. The summed E-state index contributed by atoms with van der Waals surface area (Å²) in [5.74, 6) is -0.792. The van der Waals surface area contributed by atoms with Crippen LogP contribution in [0.1, 0.15) is 41.3 Å². The molecule has 0 aliphatic carbocycles. The van der Waals surface area contributed by atoms with Gasteiger partial charge in [-0.25, -0.2) is 9.18 Å². The Morgan fingerprint density at radius 1 is 0.872 bits per heavy atom. The van der Waals surface area contributed by atoms with Crippen molar-refractivity contribution in [2.24, 2.45) is 0 Å². The topological polar surface area (TPSA) is 93.8 Å². The molecule has 8 nitrogen and oxygen atoms in total. The molecule has 0 bridgehead atoms. The van der Waals surface area contributed by atoms with Crippen molar-refractivity contribution in [3.05, 3.63) is 89.2 Å². The van der Waals surface area contributed by atoms with Crippen LogP contribution in [0.3, 0.4) is 0 Å². The molecular weight excluding hydrogens is 497 g/mol. The minimum atomic E-state index is -0.338. The summed E-state index contributed by atoms with van der Waals surface area (Å²) in [5.41, 5.74) is 4.27. The molecule has 4 amide bonds. The van der Waals surface area contributed by atoms with Gasteiger partial charge in [0.1, 0.15) is 5.82 Å². The molecule has 204 valence electrons. The maximum absolute atomic E-state index is 13.3. The van der Waals surface area contributed by atoms with E-state index in [1.807, 2.05) is 37.3 Å². The molecule has 3 aromatic rings. The highest BCUT2D eigenvalue weighted by Gasteiger charge is 2.23. The van der Waals surface area contributed by atoms with Gasteiger partial charge in [0.05, 0.1) is 5.56 Å². The first-order valence-corrected chi connectivity index (χ1v) is 13.2. The first-order valence-electron chi connectivity index (χ1n) is 13.2. The number of nitrogens with zero attached hydrogens (tertiary/aromatic N) is 2. The second kappa shape index (κ2) is 12.9. The SMILES string of the molecule is CCC(=O)Nc1ccc(N2CCCN(C(=O)Nc3cccc(C)c3)CC2)c(C(=O)NCc2ccc(F)cc2)c1. The first kappa shape index (κ1) is 27.6. The highest BCUT2D eigenvalue weighted by Crippen LogP contribution is 2.26. The van der Waals surface area contributed by atoms with Gasteiger partial charge in [-0.05, 0) is 66.9 Å². The van der Waals surface area contributed by atoms with E-state index in [0.29, 0.717) is 43.9 Å². The van der Waals surface area contributed by atoms with Crippen LogP contribution in [-0.2, 0) is 11.3 Å². The number of urea groups is 1. The zero-order valence-electron chi connectivity index (χ0n) is 22.3. The van der Waals surface area contributed by atoms with Crippen molar-refractivity contribution in [3.63, 3.8) is 0 Å². The fraction of sp³-hybridized carbons (Fsp3) is 0.300. The molecule has 39 heavy (non-hydrogen) atoms. The highest BCUT2D eigenvalue weighted by atomic mass is 19.1. The summed E-state index contributed by atoms with van der Waals surface area (Å²) < 4.78 is 13.3. The molecular formula is C30H34FN5O3. The zero-order chi connectivity index (χ0) is 27.8. The number of rotatable bonds is 7. The summed E-state index contributed by atoms with van der Waals surface area (Å²) in [7, 11) is 0. The van der Waals surface area contributed by atoms with Crippen LogP contribution >= 0.6 is 0 Å². The van der Waals surface area contributed by atoms with E-state index in [2.05, 4.69) is 20.9 Å². The van der Waals surface area contributed by atoms with Crippen LogP contribution in [0.25, 0.3) is 0 Å². The van der Waals surface area contributed by atoms with Crippen LogP contribution < -0.4 is 20.9 Å². The van der Waals surface area contributed by atoms with E-state index in [1.165, 1.54) is 12.1 Å². The van der Waals surface area contributed by atoms with Crippen LogP contribution in [-0.4, -0.2) is 48.9 Å². The predicted octanol–water partition coefficient (Wildman–Crippen LogP) is 5.16. The van der Waals surface area contributed by atoms with Gasteiger partial charge >= 0.3 is 6.03 Å². The fourth-order valence-corrected chi connectivity index (χ4v) is 4.49. The number of aryl methyl sites for hydroxylation is 1. The van der Waals surface area contributed by atoms with Crippen molar-refractivity contribution >= 4 is 34.9 Å². The number of benzene rings is 3. The van der Waals surface area contributed by atoms with E-state index in [4.69, 9.17) is 0 Å². The summed E-state index contributed by atoms with van der Waals surface area (Å²) in [5, 5.41) is 8.70. The molecule has 1 fully saturated rings. The van der Waals surface area contributed by atoms with Crippen molar-refractivity contribution in [1.82, 2.24) is 10.2 Å². The monoisotopic (exact) mass is 531 g/mol. The van der Waals surface area contributed by atoms with Gasteiger partial charge in [0.25, 0.3) is 5.91 Å². The lowest BCUT2D eigenvalue weighted by molar-refractivity contribution is -0.115. The third-order valence-corrected chi connectivity index (χ3v) is 6.61. The molecule has 0 unspecified atom stereocenters. The van der Waals surface area contributed by atoms with Crippen molar-refractivity contribution < 1.29 is 18.8 Å². The molecule has 4 rings (SSSR count). The molecule has 0 radical (unpaired) electrons. The largest absolute Gasteiger partial charge is 0.369 e. The molecule has 0 saturated carbocycles. The van der Waals surface area contributed by atoms with E-state index in [-0.39, 0.29) is 30.2 Å². The fourth-order valence-electron chi connectivity index (χ4n) is 4.49. The van der Waals surface area contributed by atoms with E-state index in [1.54, 1.807) is 36.1 Å². The number of hydrogen-bond donors (Lipinski definition) is 3. The Hall–Kier alpha value is -4.40. The summed E-state index contributed by atoms with van der Waals surface area (Å²) in [6.45, 7) is 6.25. The van der Waals surface area contributed by atoms with Crippen LogP contribution in [0.4, 0.5) is 26.2 Å². The van der Waals surface area contributed by atoms with Crippen molar-refractivity contribution in [2.45, 2.75) is 33.2 Å². The van der Waals surface area contributed by atoms with Crippen LogP contribution in [0, 0.1) is 12.7 Å². The molecule has 0 aromatic heterocycles. The summed E-state index contributed by atoms with van der Waals surface area (Å²) in [4.78, 5) is 42.1. The van der Waals surface area contributed by atoms with Gasteiger partial charge in [0.2, 0.25) is 5.91 Å². The number of nitrogens with one attached hydrogen (secondary N) is 3. The summed E-state index contributed by atoms with van der Waals surface area (Å²) in [6, 6.07) is 18.8. The number of anilines is 3. The molecule has 1 aliphatic heterocycles. The van der Waals surface area contributed by atoms with Gasteiger partial charge in [-0.2, -0.15) is 0 Å². The predicted molar refractivity (Wildman–Crippen MR) is 152 cm³/mol. The molecule has 3 aromatic carbocycles. The van der Waals surface area contributed by atoms with Gasteiger partial charge < -0.3 is 25.8 Å². The number of carbonyl (C=O) groups excluding carboxylic acids is 3. The Bertz CT molecular complexity index is 1330. The van der Waals surface area contributed by atoms with E-state index < -0.39 is 0 Å². The minimum absolute atomic E-state index is 0.148. The van der Waals surface area contributed by atoms with E-state index in [0.717, 1.165) is 28.9 Å². The van der Waals surface area contributed by atoms with Gasteiger partial charge in [0.15, 0.2) is 0 Å². The highest BCUT2D eigenvalue weighted by molar-refractivity contribution is 6.02. The van der Waals surface area contributed by atoms with Crippen molar-refractivity contribution in [2.75, 3.05) is 41.7 Å². The van der Waals surface area contributed by atoms with Gasteiger partial charge in [0, 0.05) is 56.2 Å². The standard InChI is InChI=1S/C30H34FN5O3/c1-3-28(37)33-25-12-13-27(26(19-25)29(38)32-20-22-8-10-23(31)11-9-22)35-14-5-15-36(17-16-35)30(39)34-24-7-4-6-21(2)18-24/h4,6-13,18-19H,3,5,14-17,20H2,1-2H3,(H,32,38)(H,33,37)(H,34,39). The molecule has 1 aliphatic rings. The minimum Gasteiger partial charge on any atom is -0.369 e. The summed E-state index contributed by atoms with van der Waals surface area (Å²) in [6.07, 6.45) is 1.05. The number of carbonyl (C=O) groups is 3. The molecule has 3 N–H and O–H groups in total. The van der Waals surface area contributed by atoms with Gasteiger partial charge in [-0.1, -0.05) is 31.2 Å². The van der Waals surface area contributed by atoms with Crippen LogP contribution in [0.15, 0.2) is 66.7 Å². The Kier molecular flexibility index (Phi) is 9.14.